The Morgan fingerprint density at radius 3 is 2.88 bits per heavy atom. The predicted molar refractivity (Wildman–Crippen MR) is 66.5 cm³/mol. The van der Waals surface area contributed by atoms with Crippen molar-refractivity contribution in [3.05, 3.63) is 23.6 Å². The molecule has 0 saturated carbocycles. The molecule has 1 N–H and O–H groups in total. The Hall–Kier alpha value is -1.16. The van der Waals surface area contributed by atoms with Gasteiger partial charge in [0.25, 0.3) is 0 Å². The SMILES string of the molecule is CCCNCc1cc(F)cnc1OCC(C)C. The lowest BCUT2D eigenvalue weighted by molar-refractivity contribution is 0.257. The van der Waals surface area contributed by atoms with E-state index in [0.29, 0.717) is 24.9 Å². The second-order valence-electron chi connectivity index (χ2n) is 4.50. The van der Waals surface area contributed by atoms with E-state index in [9.17, 15) is 4.39 Å². The molecule has 0 radical (unpaired) electrons. The highest BCUT2D eigenvalue weighted by molar-refractivity contribution is 5.26. The number of aromatic nitrogens is 1. The van der Waals surface area contributed by atoms with Crippen molar-refractivity contribution >= 4 is 0 Å². The second-order valence-corrected chi connectivity index (χ2v) is 4.50. The van der Waals surface area contributed by atoms with Crippen LogP contribution in [0.1, 0.15) is 32.8 Å². The van der Waals surface area contributed by atoms with Crippen molar-refractivity contribution < 1.29 is 9.13 Å². The van der Waals surface area contributed by atoms with Gasteiger partial charge in [-0.15, -0.1) is 0 Å². The van der Waals surface area contributed by atoms with Crippen LogP contribution in [0.25, 0.3) is 0 Å². The third kappa shape index (κ3) is 5.13. The van der Waals surface area contributed by atoms with Gasteiger partial charge in [-0.25, -0.2) is 9.37 Å². The summed E-state index contributed by atoms with van der Waals surface area (Å²) >= 11 is 0. The molecule has 1 aromatic rings. The van der Waals surface area contributed by atoms with Crippen LogP contribution >= 0.6 is 0 Å². The maximum atomic E-state index is 13.1. The fourth-order valence-corrected chi connectivity index (χ4v) is 1.37. The highest BCUT2D eigenvalue weighted by atomic mass is 19.1. The quantitative estimate of drug-likeness (QED) is 0.744. The summed E-state index contributed by atoms with van der Waals surface area (Å²) in [5.74, 6) is 0.636. The van der Waals surface area contributed by atoms with Crippen LogP contribution in [0.5, 0.6) is 5.88 Å². The van der Waals surface area contributed by atoms with E-state index in [1.165, 1.54) is 12.3 Å². The Morgan fingerprint density at radius 2 is 2.24 bits per heavy atom. The van der Waals surface area contributed by atoms with E-state index in [0.717, 1.165) is 18.5 Å². The molecule has 4 heteroatoms. The van der Waals surface area contributed by atoms with Gasteiger partial charge in [0.05, 0.1) is 12.8 Å². The Bertz CT molecular complexity index is 342. The van der Waals surface area contributed by atoms with Crippen molar-refractivity contribution in [3.8, 4) is 5.88 Å². The zero-order valence-electron chi connectivity index (χ0n) is 10.8. The normalized spacial score (nSPS) is 10.9. The number of hydrogen-bond acceptors (Lipinski definition) is 3. The van der Waals surface area contributed by atoms with E-state index in [1.807, 2.05) is 0 Å². The summed E-state index contributed by atoms with van der Waals surface area (Å²) in [4.78, 5) is 3.99. The summed E-state index contributed by atoms with van der Waals surface area (Å²) < 4.78 is 18.7. The smallest absolute Gasteiger partial charge is 0.218 e. The molecule has 17 heavy (non-hydrogen) atoms. The number of ether oxygens (including phenoxy) is 1. The Labute approximate surface area is 102 Å². The van der Waals surface area contributed by atoms with Gasteiger partial charge in [0, 0.05) is 12.1 Å². The largest absolute Gasteiger partial charge is 0.477 e. The lowest BCUT2D eigenvalue weighted by Crippen LogP contribution is -2.16. The van der Waals surface area contributed by atoms with Crippen LogP contribution in [0.2, 0.25) is 0 Å². The molecule has 0 aromatic carbocycles. The number of nitrogens with zero attached hydrogens (tertiary/aromatic N) is 1. The topological polar surface area (TPSA) is 34.2 Å². The van der Waals surface area contributed by atoms with E-state index in [4.69, 9.17) is 4.74 Å². The van der Waals surface area contributed by atoms with Gasteiger partial charge in [0.2, 0.25) is 5.88 Å². The van der Waals surface area contributed by atoms with E-state index < -0.39 is 0 Å². The minimum absolute atomic E-state index is 0.324. The number of hydrogen-bond donors (Lipinski definition) is 1. The minimum Gasteiger partial charge on any atom is -0.477 e. The average molecular weight is 240 g/mol. The van der Waals surface area contributed by atoms with Crippen LogP contribution in [0.3, 0.4) is 0 Å². The maximum Gasteiger partial charge on any atom is 0.218 e. The number of nitrogens with one attached hydrogen (secondary N) is 1. The second kappa shape index (κ2) is 7.22. The predicted octanol–water partition coefficient (Wildman–Crippen LogP) is 2.76. The van der Waals surface area contributed by atoms with Gasteiger partial charge in [-0.3, -0.25) is 0 Å². The van der Waals surface area contributed by atoms with Gasteiger partial charge in [-0.2, -0.15) is 0 Å². The summed E-state index contributed by atoms with van der Waals surface area (Å²) in [6.45, 7) is 8.32. The Morgan fingerprint density at radius 1 is 1.47 bits per heavy atom. The third-order valence-corrected chi connectivity index (χ3v) is 2.19. The van der Waals surface area contributed by atoms with Crippen LogP contribution in [-0.4, -0.2) is 18.1 Å². The Kier molecular flexibility index (Phi) is 5.91. The summed E-state index contributed by atoms with van der Waals surface area (Å²) in [6, 6.07) is 1.48. The molecule has 0 aliphatic heterocycles. The molecule has 0 aliphatic carbocycles. The highest BCUT2D eigenvalue weighted by Gasteiger charge is 2.07. The number of pyridine rings is 1. The van der Waals surface area contributed by atoms with Gasteiger partial charge in [0.15, 0.2) is 0 Å². The van der Waals surface area contributed by atoms with Crippen molar-refractivity contribution in [1.82, 2.24) is 10.3 Å². The fraction of sp³-hybridized carbons (Fsp3) is 0.615. The van der Waals surface area contributed by atoms with Gasteiger partial charge in [0.1, 0.15) is 5.82 Å². The number of halogens is 1. The molecule has 1 aromatic heterocycles. The molecule has 1 rings (SSSR count). The van der Waals surface area contributed by atoms with E-state index in [1.54, 1.807) is 0 Å². The molecule has 0 fully saturated rings. The highest BCUT2D eigenvalue weighted by Crippen LogP contribution is 2.16. The number of rotatable bonds is 7. The zero-order chi connectivity index (χ0) is 12.7. The van der Waals surface area contributed by atoms with Crippen LogP contribution in [0.4, 0.5) is 4.39 Å². The summed E-state index contributed by atoms with van der Waals surface area (Å²) in [6.07, 6.45) is 2.24. The van der Waals surface area contributed by atoms with E-state index in [2.05, 4.69) is 31.1 Å². The Balaban J connectivity index is 2.66. The van der Waals surface area contributed by atoms with Crippen molar-refractivity contribution in [2.75, 3.05) is 13.2 Å². The summed E-state index contributed by atoms with van der Waals surface area (Å²) in [5.41, 5.74) is 0.777. The van der Waals surface area contributed by atoms with E-state index in [-0.39, 0.29) is 5.82 Å². The molecule has 0 atom stereocenters. The molecule has 0 amide bonds. The minimum atomic E-state index is -0.324. The maximum absolute atomic E-state index is 13.1. The molecule has 0 unspecified atom stereocenters. The molecule has 3 nitrogen and oxygen atoms in total. The van der Waals surface area contributed by atoms with Gasteiger partial charge < -0.3 is 10.1 Å². The first-order chi connectivity index (χ1) is 8.13. The average Bonchev–Trinajstić information content (AvgIpc) is 2.28. The lowest BCUT2D eigenvalue weighted by atomic mass is 10.2. The van der Waals surface area contributed by atoms with Crippen molar-refractivity contribution in [2.24, 2.45) is 5.92 Å². The molecule has 0 aliphatic rings. The van der Waals surface area contributed by atoms with Gasteiger partial charge in [-0.1, -0.05) is 20.8 Å². The first kappa shape index (κ1) is 13.9. The van der Waals surface area contributed by atoms with Crippen LogP contribution in [0.15, 0.2) is 12.3 Å². The first-order valence-corrected chi connectivity index (χ1v) is 6.11. The van der Waals surface area contributed by atoms with Gasteiger partial charge >= 0.3 is 0 Å². The van der Waals surface area contributed by atoms with Crippen LogP contribution < -0.4 is 10.1 Å². The summed E-state index contributed by atoms with van der Waals surface area (Å²) in [7, 11) is 0. The third-order valence-electron chi connectivity index (χ3n) is 2.19. The van der Waals surface area contributed by atoms with E-state index >= 15 is 0 Å². The van der Waals surface area contributed by atoms with Crippen LogP contribution in [0, 0.1) is 11.7 Å². The molecule has 0 bridgehead atoms. The fourth-order valence-electron chi connectivity index (χ4n) is 1.37. The molecule has 1 heterocycles. The zero-order valence-corrected chi connectivity index (χ0v) is 10.8. The van der Waals surface area contributed by atoms with Crippen molar-refractivity contribution in [3.63, 3.8) is 0 Å². The first-order valence-electron chi connectivity index (χ1n) is 6.11. The van der Waals surface area contributed by atoms with Crippen LogP contribution in [-0.2, 0) is 6.54 Å². The monoisotopic (exact) mass is 240 g/mol. The molecular weight excluding hydrogens is 219 g/mol. The standard InChI is InChI=1S/C13H21FN2O/c1-4-5-15-7-11-6-12(14)8-16-13(11)17-9-10(2)3/h6,8,10,15H,4-5,7,9H2,1-3H3. The molecule has 96 valence electrons. The van der Waals surface area contributed by atoms with Crippen molar-refractivity contribution in [1.29, 1.82) is 0 Å². The molecule has 0 spiro atoms. The van der Waals surface area contributed by atoms with Gasteiger partial charge in [-0.05, 0) is 24.9 Å². The summed E-state index contributed by atoms with van der Waals surface area (Å²) in [5, 5.41) is 3.22. The lowest BCUT2D eigenvalue weighted by Gasteiger charge is -2.12. The van der Waals surface area contributed by atoms with Crippen molar-refractivity contribution in [2.45, 2.75) is 33.7 Å². The molecular formula is C13H21FN2O. The molecule has 0 saturated heterocycles.